The average molecular weight is 521 g/mol. The molecule has 0 aliphatic carbocycles. The van der Waals surface area contributed by atoms with E-state index in [0.29, 0.717) is 46.2 Å². The molecule has 1 aliphatic rings. The molecule has 0 amide bonds. The van der Waals surface area contributed by atoms with Crippen LogP contribution in [-0.2, 0) is 4.74 Å². The highest BCUT2D eigenvalue weighted by atomic mass is 16.5. The van der Waals surface area contributed by atoms with Gasteiger partial charge in [0.05, 0.1) is 48.5 Å². The molecule has 2 aromatic carbocycles. The third kappa shape index (κ3) is 5.48. The molecule has 1 saturated heterocycles. The van der Waals surface area contributed by atoms with Crippen molar-refractivity contribution in [2.75, 3.05) is 45.8 Å². The Balaban J connectivity index is 1.32. The largest absolute Gasteiger partial charge is 0.493 e. The summed E-state index contributed by atoms with van der Waals surface area (Å²) in [4.78, 5) is 31.6. The molecular formula is C27H32N6O5. The van der Waals surface area contributed by atoms with Gasteiger partial charge in [0.15, 0.2) is 11.5 Å². The molecule has 0 spiro atoms. The number of aromatic nitrogens is 4. The van der Waals surface area contributed by atoms with Crippen LogP contribution in [0.4, 0.5) is 11.9 Å². The third-order valence-electron chi connectivity index (χ3n) is 6.47. The Morgan fingerprint density at radius 3 is 2.47 bits per heavy atom. The molecule has 2 atom stereocenters. The van der Waals surface area contributed by atoms with Crippen molar-refractivity contribution < 1.29 is 18.9 Å². The van der Waals surface area contributed by atoms with Crippen molar-refractivity contribution in [2.45, 2.75) is 33.0 Å². The molecule has 0 radical (unpaired) electrons. The van der Waals surface area contributed by atoms with E-state index < -0.39 is 0 Å². The highest BCUT2D eigenvalue weighted by Crippen LogP contribution is 2.33. The van der Waals surface area contributed by atoms with Gasteiger partial charge in [-0.05, 0) is 45.0 Å². The van der Waals surface area contributed by atoms with Crippen LogP contribution in [-0.4, -0.2) is 77.5 Å². The van der Waals surface area contributed by atoms with Gasteiger partial charge in [-0.15, -0.1) is 0 Å². The summed E-state index contributed by atoms with van der Waals surface area (Å²) in [6.45, 7) is 9.11. The van der Waals surface area contributed by atoms with Gasteiger partial charge in [0, 0.05) is 31.1 Å². The van der Waals surface area contributed by atoms with Gasteiger partial charge in [-0.2, -0.15) is 0 Å². The lowest BCUT2D eigenvalue weighted by Crippen LogP contribution is -2.46. The number of fused-ring (bicyclic) bond motifs is 2. The van der Waals surface area contributed by atoms with E-state index in [0.717, 1.165) is 30.7 Å². The summed E-state index contributed by atoms with van der Waals surface area (Å²) in [5.41, 5.74) is 1.65. The van der Waals surface area contributed by atoms with Crippen LogP contribution < -0.4 is 25.1 Å². The molecule has 2 N–H and O–H groups in total. The summed E-state index contributed by atoms with van der Waals surface area (Å²) in [5.74, 6) is 2.33. The van der Waals surface area contributed by atoms with Crippen molar-refractivity contribution in [3.8, 4) is 17.2 Å². The Morgan fingerprint density at radius 2 is 1.74 bits per heavy atom. The fourth-order valence-electron chi connectivity index (χ4n) is 4.80. The molecule has 200 valence electrons. The minimum atomic E-state index is -0.289. The molecule has 1 fully saturated rings. The summed E-state index contributed by atoms with van der Waals surface area (Å²) >= 11 is 0. The van der Waals surface area contributed by atoms with Crippen molar-refractivity contribution in [2.24, 2.45) is 0 Å². The van der Waals surface area contributed by atoms with Crippen molar-refractivity contribution >= 4 is 33.7 Å². The topological polar surface area (TPSA) is 124 Å². The molecule has 11 heteroatoms. The quantitative estimate of drug-likeness (QED) is 0.357. The summed E-state index contributed by atoms with van der Waals surface area (Å²) in [5, 5.41) is 4.29. The Kier molecular flexibility index (Phi) is 7.30. The fourth-order valence-corrected chi connectivity index (χ4v) is 4.80. The fraction of sp³-hybridized carbons (Fsp3) is 0.407. The summed E-state index contributed by atoms with van der Waals surface area (Å²) in [6.07, 6.45) is 0.421. The predicted molar refractivity (Wildman–Crippen MR) is 145 cm³/mol. The maximum absolute atomic E-state index is 12.9. The van der Waals surface area contributed by atoms with Crippen LogP contribution in [0.15, 0.2) is 35.1 Å². The van der Waals surface area contributed by atoms with Gasteiger partial charge in [0.25, 0.3) is 5.56 Å². The number of ether oxygens (including phenoxy) is 4. The zero-order chi connectivity index (χ0) is 26.8. The van der Waals surface area contributed by atoms with Crippen LogP contribution in [0, 0.1) is 6.92 Å². The van der Waals surface area contributed by atoms with Gasteiger partial charge in [0.1, 0.15) is 12.4 Å². The Hall–Kier alpha value is -3.96. The second-order valence-electron chi connectivity index (χ2n) is 9.44. The molecule has 38 heavy (non-hydrogen) atoms. The van der Waals surface area contributed by atoms with Gasteiger partial charge >= 0.3 is 0 Å². The lowest BCUT2D eigenvalue weighted by Gasteiger charge is -2.35. The first-order valence-electron chi connectivity index (χ1n) is 12.5. The van der Waals surface area contributed by atoms with E-state index in [9.17, 15) is 4.79 Å². The number of hydrogen-bond donors (Lipinski definition) is 2. The second-order valence-corrected chi connectivity index (χ2v) is 9.44. The molecular weight excluding hydrogens is 488 g/mol. The van der Waals surface area contributed by atoms with Crippen LogP contribution in [0.25, 0.3) is 21.8 Å². The molecule has 2 unspecified atom stereocenters. The third-order valence-corrected chi connectivity index (χ3v) is 6.47. The molecule has 0 saturated carbocycles. The van der Waals surface area contributed by atoms with E-state index >= 15 is 0 Å². The molecule has 1 aliphatic heterocycles. The highest BCUT2D eigenvalue weighted by Gasteiger charge is 2.21. The number of methoxy groups -OCH3 is 2. The zero-order valence-electron chi connectivity index (χ0n) is 22.2. The van der Waals surface area contributed by atoms with Crippen LogP contribution in [0.5, 0.6) is 17.2 Å². The minimum Gasteiger partial charge on any atom is -0.493 e. The SMILES string of the molecule is COc1cc2nc(Nc3nc4ccc(OCCN5CC(C)OC(C)C5)cc4c(=O)[nH]3)nc(C)c2cc1OC. The minimum absolute atomic E-state index is 0.210. The number of hydrogen-bond acceptors (Lipinski definition) is 10. The summed E-state index contributed by atoms with van der Waals surface area (Å²) in [7, 11) is 3.15. The first-order chi connectivity index (χ1) is 18.3. The van der Waals surface area contributed by atoms with Gasteiger partial charge in [0.2, 0.25) is 11.9 Å². The van der Waals surface area contributed by atoms with Crippen LogP contribution in [0.1, 0.15) is 19.5 Å². The van der Waals surface area contributed by atoms with Gasteiger partial charge < -0.3 is 18.9 Å². The number of aryl methyl sites for hydroxylation is 1. The van der Waals surface area contributed by atoms with E-state index in [2.05, 4.69) is 44.0 Å². The first-order valence-corrected chi connectivity index (χ1v) is 12.5. The van der Waals surface area contributed by atoms with E-state index in [4.69, 9.17) is 18.9 Å². The number of rotatable bonds is 8. The lowest BCUT2D eigenvalue weighted by atomic mass is 10.1. The Labute approximate surface area is 220 Å². The smallest absolute Gasteiger partial charge is 0.260 e. The molecule has 0 bridgehead atoms. The molecule has 5 rings (SSSR count). The number of benzene rings is 2. The number of H-pyrrole nitrogens is 1. The van der Waals surface area contributed by atoms with E-state index in [1.54, 1.807) is 32.4 Å². The van der Waals surface area contributed by atoms with Crippen LogP contribution in [0.2, 0.25) is 0 Å². The van der Waals surface area contributed by atoms with E-state index in [1.165, 1.54) is 0 Å². The second kappa shape index (κ2) is 10.8. The standard InChI is InChI=1S/C27H32N6O5/c1-15-13-33(14-16(2)38-15)8-9-37-18-6-7-21-20(10-18)25(34)31-27(29-21)32-26-28-17(3)19-11-23(35-4)24(36-5)12-22(19)30-26/h6-7,10-12,15-16H,8-9,13-14H2,1-5H3,(H2,28,29,30,31,32,34). The van der Waals surface area contributed by atoms with Crippen molar-refractivity contribution in [3.63, 3.8) is 0 Å². The predicted octanol–water partition coefficient (Wildman–Crippen LogP) is 3.42. The zero-order valence-corrected chi connectivity index (χ0v) is 22.2. The average Bonchev–Trinajstić information content (AvgIpc) is 2.88. The monoisotopic (exact) mass is 520 g/mol. The summed E-state index contributed by atoms with van der Waals surface area (Å²) < 4.78 is 22.5. The molecule has 3 heterocycles. The summed E-state index contributed by atoms with van der Waals surface area (Å²) in [6, 6.07) is 8.93. The lowest BCUT2D eigenvalue weighted by molar-refractivity contribution is -0.0699. The van der Waals surface area contributed by atoms with Crippen LogP contribution >= 0.6 is 0 Å². The number of nitrogens with zero attached hydrogens (tertiary/aromatic N) is 4. The van der Waals surface area contributed by atoms with Crippen molar-refractivity contribution in [1.82, 2.24) is 24.8 Å². The van der Waals surface area contributed by atoms with Crippen molar-refractivity contribution in [1.29, 1.82) is 0 Å². The van der Waals surface area contributed by atoms with Crippen LogP contribution in [0.3, 0.4) is 0 Å². The molecule has 2 aromatic heterocycles. The van der Waals surface area contributed by atoms with Gasteiger partial charge in [-0.3, -0.25) is 20.0 Å². The highest BCUT2D eigenvalue weighted by molar-refractivity contribution is 5.86. The number of nitrogens with one attached hydrogen (secondary N) is 2. The van der Waals surface area contributed by atoms with Gasteiger partial charge in [-0.1, -0.05) is 0 Å². The van der Waals surface area contributed by atoms with E-state index in [-0.39, 0.29) is 23.7 Å². The number of anilines is 2. The Bertz CT molecular complexity index is 1510. The molecule has 4 aromatic rings. The Morgan fingerprint density at radius 1 is 1.00 bits per heavy atom. The normalized spacial score (nSPS) is 18.0. The number of morpholine rings is 1. The van der Waals surface area contributed by atoms with E-state index in [1.807, 2.05) is 19.1 Å². The van der Waals surface area contributed by atoms with Crippen molar-refractivity contribution in [3.05, 3.63) is 46.4 Å². The molecule has 11 nitrogen and oxygen atoms in total. The maximum Gasteiger partial charge on any atom is 0.260 e. The maximum atomic E-state index is 12.9. The number of aromatic amines is 1. The first kappa shape index (κ1) is 25.7. The van der Waals surface area contributed by atoms with Gasteiger partial charge in [-0.25, -0.2) is 15.0 Å².